The van der Waals surface area contributed by atoms with Crippen LogP contribution in [0.15, 0.2) is 59.7 Å². The fourth-order valence-electron chi connectivity index (χ4n) is 2.13. The third-order valence-electron chi connectivity index (χ3n) is 3.43. The molecule has 2 aromatic carbocycles. The average molecular weight is 324 g/mol. The second-order valence-electron chi connectivity index (χ2n) is 5.95. The van der Waals surface area contributed by atoms with Crippen molar-refractivity contribution in [3.05, 3.63) is 65.7 Å². The number of amides is 1. The summed E-state index contributed by atoms with van der Waals surface area (Å²) in [5.74, 6) is 1.00. The van der Waals surface area contributed by atoms with E-state index in [0.29, 0.717) is 18.1 Å². The number of ether oxygens (including phenoxy) is 1. The zero-order valence-electron chi connectivity index (χ0n) is 14.5. The monoisotopic (exact) mass is 324 g/mol. The quantitative estimate of drug-likeness (QED) is 0.611. The Hall–Kier alpha value is -2.62. The molecule has 4 nitrogen and oxygen atoms in total. The van der Waals surface area contributed by atoms with Gasteiger partial charge >= 0.3 is 0 Å². The van der Waals surface area contributed by atoms with Gasteiger partial charge in [-0.15, -0.1) is 0 Å². The maximum absolute atomic E-state index is 12.2. The van der Waals surface area contributed by atoms with Crippen LogP contribution in [0.3, 0.4) is 0 Å². The molecule has 126 valence electrons. The van der Waals surface area contributed by atoms with Gasteiger partial charge in [0.05, 0.1) is 12.3 Å². The second kappa shape index (κ2) is 8.87. The summed E-state index contributed by atoms with van der Waals surface area (Å²) in [4.78, 5) is 12.2. The van der Waals surface area contributed by atoms with Gasteiger partial charge in [-0.3, -0.25) is 4.79 Å². The zero-order valence-corrected chi connectivity index (χ0v) is 14.5. The number of nitrogens with one attached hydrogen (secondary N) is 1. The number of carbonyl (C=O) groups excluding carboxylic acids is 1. The van der Waals surface area contributed by atoms with E-state index in [-0.39, 0.29) is 5.91 Å². The van der Waals surface area contributed by atoms with E-state index < -0.39 is 0 Å². The van der Waals surface area contributed by atoms with Crippen LogP contribution in [-0.2, 0) is 0 Å². The highest BCUT2D eigenvalue weighted by molar-refractivity contribution is 6.02. The van der Waals surface area contributed by atoms with Crippen molar-refractivity contribution in [2.75, 3.05) is 6.61 Å². The largest absolute Gasteiger partial charge is 0.493 e. The van der Waals surface area contributed by atoms with Gasteiger partial charge in [-0.25, -0.2) is 5.43 Å². The minimum atomic E-state index is -0.229. The second-order valence-corrected chi connectivity index (χ2v) is 5.95. The molecule has 2 rings (SSSR count). The molecule has 0 aliphatic rings. The van der Waals surface area contributed by atoms with E-state index in [1.54, 1.807) is 24.3 Å². The minimum absolute atomic E-state index is 0.229. The van der Waals surface area contributed by atoms with E-state index in [2.05, 4.69) is 24.4 Å². The number of benzene rings is 2. The van der Waals surface area contributed by atoms with E-state index in [0.717, 1.165) is 23.4 Å². The van der Waals surface area contributed by atoms with Crippen molar-refractivity contribution in [3.8, 4) is 5.75 Å². The van der Waals surface area contributed by atoms with Crippen LogP contribution in [0.1, 0.15) is 43.1 Å². The third-order valence-corrected chi connectivity index (χ3v) is 3.43. The van der Waals surface area contributed by atoms with Gasteiger partial charge in [-0.2, -0.15) is 5.10 Å². The van der Waals surface area contributed by atoms with Crippen LogP contribution in [-0.4, -0.2) is 18.2 Å². The van der Waals surface area contributed by atoms with Crippen LogP contribution in [0.5, 0.6) is 5.75 Å². The standard InChI is InChI=1S/C20H24N2O2/c1-4-19(16-8-6-5-7-9-16)21-22-20(23)17-10-12-18(13-11-17)24-14-15(2)3/h5-13,15H,4,14H2,1-3H3,(H,22,23)/b21-19+. The number of hydrazone groups is 1. The molecule has 1 N–H and O–H groups in total. The van der Waals surface area contributed by atoms with Crippen molar-refractivity contribution in [1.82, 2.24) is 5.43 Å². The molecule has 0 saturated heterocycles. The summed E-state index contributed by atoms with van der Waals surface area (Å²) < 4.78 is 5.62. The average Bonchev–Trinajstić information content (AvgIpc) is 2.61. The zero-order chi connectivity index (χ0) is 17.4. The van der Waals surface area contributed by atoms with E-state index in [9.17, 15) is 4.79 Å². The molecule has 0 aliphatic heterocycles. The fraction of sp³-hybridized carbons (Fsp3) is 0.300. The first-order valence-electron chi connectivity index (χ1n) is 8.25. The molecule has 1 amide bonds. The molecule has 0 aromatic heterocycles. The first-order valence-corrected chi connectivity index (χ1v) is 8.25. The van der Waals surface area contributed by atoms with Crippen molar-refractivity contribution in [1.29, 1.82) is 0 Å². The van der Waals surface area contributed by atoms with Crippen molar-refractivity contribution >= 4 is 11.6 Å². The molecule has 0 radical (unpaired) electrons. The summed E-state index contributed by atoms with van der Waals surface area (Å²) in [6, 6.07) is 16.9. The van der Waals surface area contributed by atoms with Gasteiger partial charge in [0.15, 0.2) is 0 Å². The lowest BCUT2D eigenvalue weighted by molar-refractivity contribution is 0.0954. The molecule has 0 saturated carbocycles. The summed E-state index contributed by atoms with van der Waals surface area (Å²) in [6.07, 6.45) is 0.742. The fourth-order valence-corrected chi connectivity index (χ4v) is 2.13. The molecule has 0 atom stereocenters. The van der Waals surface area contributed by atoms with Gasteiger partial charge in [0, 0.05) is 5.56 Å². The van der Waals surface area contributed by atoms with Crippen LogP contribution in [0.25, 0.3) is 0 Å². The highest BCUT2D eigenvalue weighted by atomic mass is 16.5. The molecule has 0 unspecified atom stereocenters. The van der Waals surface area contributed by atoms with Crippen LogP contribution < -0.4 is 10.2 Å². The normalized spacial score (nSPS) is 11.4. The lowest BCUT2D eigenvalue weighted by Gasteiger charge is -2.09. The van der Waals surface area contributed by atoms with Crippen LogP contribution in [0.4, 0.5) is 0 Å². The maximum Gasteiger partial charge on any atom is 0.271 e. The Labute approximate surface area is 143 Å². The summed E-state index contributed by atoms with van der Waals surface area (Å²) >= 11 is 0. The number of carbonyl (C=O) groups is 1. The highest BCUT2D eigenvalue weighted by Gasteiger charge is 2.07. The molecule has 2 aromatic rings. The summed E-state index contributed by atoms with van der Waals surface area (Å²) in [7, 11) is 0. The molecular formula is C20H24N2O2. The number of hydrogen-bond donors (Lipinski definition) is 1. The van der Waals surface area contributed by atoms with Gasteiger partial charge < -0.3 is 4.74 Å². The minimum Gasteiger partial charge on any atom is -0.493 e. The number of hydrogen-bond acceptors (Lipinski definition) is 3. The molecule has 0 aliphatic carbocycles. The van der Waals surface area contributed by atoms with Crippen LogP contribution in [0, 0.1) is 5.92 Å². The Morgan fingerprint density at radius 3 is 2.29 bits per heavy atom. The van der Waals surface area contributed by atoms with E-state index in [4.69, 9.17) is 4.74 Å². The Balaban J connectivity index is 2.00. The first-order chi connectivity index (χ1) is 11.6. The third kappa shape index (κ3) is 5.23. The topological polar surface area (TPSA) is 50.7 Å². The van der Waals surface area contributed by atoms with Crippen molar-refractivity contribution in [2.45, 2.75) is 27.2 Å². The molecule has 4 heteroatoms. The maximum atomic E-state index is 12.2. The Morgan fingerprint density at radius 2 is 1.71 bits per heavy atom. The molecule has 24 heavy (non-hydrogen) atoms. The van der Waals surface area contributed by atoms with Gasteiger partial charge in [0.2, 0.25) is 0 Å². The van der Waals surface area contributed by atoms with Gasteiger partial charge in [0.25, 0.3) is 5.91 Å². The predicted molar refractivity (Wildman–Crippen MR) is 97.5 cm³/mol. The first kappa shape index (κ1) is 17.7. The molecule has 0 fully saturated rings. The van der Waals surface area contributed by atoms with Crippen molar-refractivity contribution in [3.63, 3.8) is 0 Å². The van der Waals surface area contributed by atoms with Gasteiger partial charge in [-0.1, -0.05) is 51.1 Å². The smallest absolute Gasteiger partial charge is 0.271 e. The summed E-state index contributed by atoms with van der Waals surface area (Å²) in [5.41, 5.74) is 5.04. The Morgan fingerprint density at radius 1 is 1.04 bits per heavy atom. The number of rotatable bonds is 7. The molecule has 0 spiro atoms. The molecule has 0 bridgehead atoms. The van der Waals surface area contributed by atoms with E-state index >= 15 is 0 Å². The van der Waals surface area contributed by atoms with Crippen molar-refractivity contribution in [2.24, 2.45) is 11.0 Å². The number of nitrogens with zero attached hydrogens (tertiary/aromatic N) is 1. The lowest BCUT2D eigenvalue weighted by atomic mass is 10.1. The van der Waals surface area contributed by atoms with Crippen molar-refractivity contribution < 1.29 is 9.53 Å². The van der Waals surface area contributed by atoms with E-state index in [1.165, 1.54) is 0 Å². The SMILES string of the molecule is CC/C(=N\NC(=O)c1ccc(OCC(C)C)cc1)c1ccccc1. The summed E-state index contributed by atoms with van der Waals surface area (Å²) in [5, 5.41) is 4.26. The van der Waals surface area contributed by atoms with Crippen LogP contribution >= 0.6 is 0 Å². The Kier molecular flexibility index (Phi) is 6.55. The molecular weight excluding hydrogens is 300 g/mol. The van der Waals surface area contributed by atoms with Gasteiger partial charge in [0.1, 0.15) is 5.75 Å². The van der Waals surface area contributed by atoms with E-state index in [1.807, 2.05) is 37.3 Å². The van der Waals surface area contributed by atoms with Crippen LogP contribution in [0.2, 0.25) is 0 Å². The van der Waals surface area contributed by atoms with Gasteiger partial charge in [-0.05, 0) is 42.2 Å². The highest BCUT2D eigenvalue weighted by Crippen LogP contribution is 2.13. The Bertz CT molecular complexity index is 677. The molecule has 0 heterocycles. The lowest BCUT2D eigenvalue weighted by Crippen LogP contribution is -2.20. The summed E-state index contributed by atoms with van der Waals surface area (Å²) in [6.45, 7) is 6.86. The predicted octanol–water partition coefficient (Wildman–Crippen LogP) is 4.27.